The molecule has 1 amide bonds. The molecular formula is C26H28N6O4S. The summed E-state index contributed by atoms with van der Waals surface area (Å²) in [6.45, 7) is 5.38. The molecule has 2 aromatic heterocycles. The van der Waals surface area contributed by atoms with Crippen molar-refractivity contribution in [2.75, 3.05) is 5.73 Å². The Morgan fingerprint density at radius 2 is 1.86 bits per heavy atom. The molecule has 3 N–H and O–H groups in total. The first kappa shape index (κ1) is 26.0. The minimum Gasteiger partial charge on any atom is -0.458 e. The summed E-state index contributed by atoms with van der Waals surface area (Å²) in [6.07, 6.45) is 2.24. The van der Waals surface area contributed by atoms with Gasteiger partial charge >= 0.3 is 12.1 Å². The summed E-state index contributed by atoms with van der Waals surface area (Å²) in [7, 11) is 0. The van der Waals surface area contributed by atoms with Crippen LogP contribution >= 0.6 is 11.8 Å². The lowest BCUT2D eigenvalue weighted by atomic mass is 10.2. The number of hydrogen-bond donors (Lipinski definition) is 2. The molecule has 192 valence electrons. The summed E-state index contributed by atoms with van der Waals surface area (Å²) in [4.78, 5) is 39.7. The quantitative estimate of drug-likeness (QED) is 0.199. The number of carbonyl (C=O) groups excluding carboxylic acids is 2. The molecule has 0 bridgehead atoms. The number of ether oxygens (including phenoxy) is 2. The van der Waals surface area contributed by atoms with Crippen LogP contribution < -0.4 is 11.1 Å². The summed E-state index contributed by atoms with van der Waals surface area (Å²) in [5, 5.41) is 3.26. The first-order valence-corrected chi connectivity index (χ1v) is 12.4. The Morgan fingerprint density at radius 3 is 2.59 bits per heavy atom. The number of amides is 1. The molecule has 0 fully saturated rings. The number of benzene rings is 2. The first-order chi connectivity index (χ1) is 17.7. The summed E-state index contributed by atoms with van der Waals surface area (Å²) in [5.74, 6) is -0.602. The molecule has 0 aliphatic rings. The number of nitrogen functional groups attached to an aromatic ring is 1. The predicted molar refractivity (Wildman–Crippen MR) is 140 cm³/mol. The maximum absolute atomic E-state index is 13.0. The maximum atomic E-state index is 13.0. The molecule has 0 saturated heterocycles. The number of carbonyl (C=O) groups is 2. The molecule has 2 aromatic carbocycles. The zero-order valence-corrected chi connectivity index (χ0v) is 21.6. The maximum Gasteiger partial charge on any atom is 0.408 e. The van der Waals surface area contributed by atoms with Crippen LogP contribution in [-0.2, 0) is 27.4 Å². The van der Waals surface area contributed by atoms with Crippen molar-refractivity contribution in [1.29, 1.82) is 0 Å². The third kappa shape index (κ3) is 7.20. The fourth-order valence-corrected chi connectivity index (χ4v) is 4.32. The highest BCUT2D eigenvalue weighted by atomic mass is 32.2. The van der Waals surface area contributed by atoms with Gasteiger partial charge in [0.05, 0.1) is 12.9 Å². The lowest BCUT2D eigenvalue weighted by Gasteiger charge is -2.24. The van der Waals surface area contributed by atoms with E-state index in [-0.39, 0.29) is 13.2 Å². The molecule has 0 saturated carbocycles. The normalized spacial score (nSPS) is 12.2. The van der Waals surface area contributed by atoms with Gasteiger partial charge in [-0.1, -0.05) is 48.2 Å². The van der Waals surface area contributed by atoms with Gasteiger partial charge in [-0.2, -0.15) is 0 Å². The van der Waals surface area contributed by atoms with E-state index in [0.29, 0.717) is 21.9 Å². The Morgan fingerprint density at radius 1 is 1.08 bits per heavy atom. The second kappa shape index (κ2) is 11.3. The Labute approximate surface area is 218 Å². The number of esters is 1. The van der Waals surface area contributed by atoms with Crippen molar-refractivity contribution in [2.24, 2.45) is 0 Å². The topological polar surface area (TPSA) is 134 Å². The van der Waals surface area contributed by atoms with Crippen LogP contribution in [0.15, 0.2) is 77.2 Å². The largest absolute Gasteiger partial charge is 0.458 e. The average Bonchev–Trinajstić information content (AvgIpc) is 3.26. The van der Waals surface area contributed by atoms with Gasteiger partial charge in [0.2, 0.25) is 0 Å². The molecule has 0 unspecified atom stereocenters. The number of rotatable bonds is 8. The van der Waals surface area contributed by atoms with Gasteiger partial charge in [-0.05, 0) is 44.5 Å². The number of imidazole rings is 1. The van der Waals surface area contributed by atoms with Gasteiger partial charge in [-0.25, -0.2) is 24.5 Å². The third-order valence-electron chi connectivity index (χ3n) is 5.02. The third-order valence-corrected chi connectivity index (χ3v) is 6.00. The van der Waals surface area contributed by atoms with Gasteiger partial charge in [-0.3, -0.25) is 0 Å². The van der Waals surface area contributed by atoms with E-state index in [4.69, 9.17) is 15.2 Å². The second-order valence-electron chi connectivity index (χ2n) is 9.21. The standard InChI is InChI=1S/C26H28N6O4S/c1-26(2,3)36-24(33)20(31-25(34)35-14-17-8-5-4-6-9-17)13-32-16-30-21-22(32)28-15-29-23(21)37-19-11-7-10-18(27)12-19/h4-12,15-16,20H,13-14,27H2,1-3H3,(H,31,34)/t20-/m0/s1. The van der Waals surface area contributed by atoms with Crippen molar-refractivity contribution < 1.29 is 19.1 Å². The summed E-state index contributed by atoms with van der Waals surface area (Å²) < 4.78 is 12.5. The Hall–Kier alpha value is -4.12. The highest BCUT2D eigenvalue weighted by Gasteiger charge is 2.28. The van der Waals surface area contributed by atoms with Gasteiger partial charge < -0.3 is 25.1 Å². The molecule has 0 aliphatic carbocycles. The second-order valence-corrected chi connectivity index (χ2v) is 10.3. The molecule has 0 spiro atoms. The van der Waals surface area contributed by atoms with Crippen molar-refractivity contribution in [2.45, 2.75) is 55.5 Å². The van der Waals surface area contributed by atoms with E-state index in [1.54, 1.807) is 31.7 Å². The Bertz CT molecular complexity index is 1390. The zero-order valence-electron chi connectivity index (χ0n) is 20.7. The molecule has 37 heavy (non-hydrogen) atoms. The van der Waals surface area contributed by atoms with Crippen LogP contribution in [0.2, 0.25) is 0 Å². The zero-order chi connectivity index (χ0) is 26.4. The van der Waals surface area contributed by atoms with E-state index in [9.17, 15) is 9.59 Å². The van der Waals surface area contributed by atoms with Crippen LogP contribution in [0.1, 0.15) is 26.3 Å². The molecule has 4 rings (SSSR count). The number of hydrogen-bond acceptors (Lipinski definition) is 9. The molecule has 0 radical (unpaired) electrons. The first-order valence-electron chi connectivity index (χ1n) is 11.6. The van der Waals surface area contributed by atoms with Gasteiger partial charge in [-0.15, -0.1) is 0 Å². The smallest absolute Gasteiger partial charge is 0.408 e. The number of anilines is 1. The van der Waals surface area contributed by atoms with Gasteiger partial charge in [0, 0.05) is 10.6 Å². The SMILES string of the molecule is CC(C)(C)OC(=O)[C@H](Cn1cnc2c(Sc3cccc(N)c3)ncnc21)NC(=O)OCc1ccccc1. The summed E-state index contributed by atoms with van der Waals surface area (Å²) in [5.41, 5.74) is 7.69. The fraction of sp³-hybridized carbons (Fsp3) is 0.269. The van der Waals surface area contributed by atoms with Crippen molar-refractivity contribution in [3.05, 3.63) is 72.8 Å². The molecule has 1 atom stereocenters. The van der Waals surface area contributed by atoms with Crippen molar-refractivity contribution in [3.63, 3.8) is 0 Å². The van der Waals surface area contributed by atoms with E-state index in [2.05, 4.69) is 20.3 Å². The minimum atomic E-state index is -1.04. The predicted octanol–water partition coefficient (Wildman–Crippen LogP) is 4.20. The highest BCUT2D eigenvalue weighted by molar-refractivity contribution is 7.99. The number of nitrogens with two attached hydrogens (primary N) is 1. The number of fused-ring (bicyclic) bond motifs is 1. The average molecular weight is 521 g/mol. The summed E-state index contributed by atoms with van der Waals surface area (Å²) in [6, 6.07) is 15.7. The molecule has 2 heterocycles. The number of alkyl carbamates (subject to hydrolysis) is 1. The van der Waals surface area contributed by atoms with E-state index in [1.165, 1.54) is 18.1 Å². The number of nitrogens with one attached hydrogen (secondary N) is 1. The van der Waals surface area contributed by atoms with E-state index < -0.39 is 23.7 Å². The van der Waals surface area contributed by atoms with E-state index >= 15 is 0 Å². The molecule has 0 aliphatic heterocycles. The van der Waals surface area contributed by atoms with E-state index in [0.717, 1.165) is 10.5 Å². The highest BCUT2D eigenvalue weighted by Crippen LogP contribution is 2.31. The van der Waals surface area contributed by atoms with Crippen molar-refractivity contribution >= 4 is 40.7 Å². The van der Waals surface area contributed by atoms with Gasteiger partial charge in [0.25, 0.3) is 0 Å². The molecule has 11 heteroatoms. The van der Waals surface area contributed by atoms with Crippen molar-refractivity contribution in [1.82, 2.24) is 24.8 Å². The van der Waals surface area contributed by atoms with Crippen LogP contribution in [0.4, 0.5) is 10.5 Å². The number of aromatic nitrogens is 4. The monoisotopic (exact) mass is 520 g/mol. The molecule has 4 aromatic rings. The molecular weight excluding hydrogens is 492 g/mol. The van der Waals surface area contributed by atoms with Crippen molar-refractivity contribution in [3.8, 4) is 0 Å². The lowest BCUT2D eigenvalue weighted by Crippen LogP contribution is -2.46. The Balaban J connectivity index is 1.53. The van der Waals surface area contributed by atoms with Crippen LogP contribution in [0.5, 0.6) is 0 Å². The van der Waals surface area contributed by atoms with E-state index in [1.807, 2.05) is 54.6 Å². The molecule has 10 nitrogen and oxygen atoms in total. The van der Waals surface area contributed by atoms with Crippen LogP contribution in [0, 0.1) is 0 Å². The Kier molecular flexibility index (Phi) is 7.92. The fourth-order valence-electron chi connectivity index (χ4n) is 3.41. The lowest BCUT2D eigenvalue weighted by molar-refractivity contribution is -0.157. The van der Waals surface area contributed by atoms with Gasteiger partial charge in [0.1, 0.15) is 35.1 Å². The van der Waals surface area contributed by atoms with Gasteiger partial charge in [0.15, 0.2) is 5.65 Å². The summed E-state index contributed by atoms with van der Waals surface area (Å²) >= 11 is 1.40. The van der Waals surface area contributed by atoms with Crippen LogP contribution in [0.25, 0.3) is 11.2 Å². The number of nitrogens with zero attached hydrogens (tertiary/aromatic N) is 4. The minimum absolute atomic E-state index is 0.0330. The van der Waals surface area contributed by atoms with Crippen LogP contribution in [0.3, 0.4) is 0 Å². The van der Waals surface area contributed by atoms with Crippen LogP contribution in [-0.4, -0.2) is 43.2 Å².